The summed E-state index contributed by atoms with van der Waals surface area (Å²) in [6, 6.07) is 3.00. The molecule has 1 unspecified atom stereocenters. The highest BCUT2D eigenvalue weighted by Gasteiger charge is 2.21. The van der Waals surface area contributed by atoms with Gasteiger partial charge in [0.1, 0.15) is 11.6 Å². The summed E-state index contributed by atoms with van der Waals surface area (Å²) in [4.78, 5) is 14.0. The first-order valence-electron chi connectivity index (χ1n) is 7.19. The molecule has 1 aromatic rings. The second kappa shape index (κ2) is 7.47. The molecule has 0 radical (unpaired) electrons. The van der Waals surface area contributed by atoms with Crippen molar-refractivity contribution in [3.63, 3.8) is 0 Å². The number of benzene rings is 1. The number of nitrogens with zero attached hydrogens (tertiary/aromatic N) is 1. The highest BCUT2D eigenvalue weighted by Crippen LogP contribution is 2.16. The Bertz CT molecular complexity index is 474. The molecule has 4 nitrogen and oxygen atoms in total. The molecule has 2 N–H and O–H groups in total. The van der Waals surface area contributed by atoms with Crippen LogP contribution in [0.4, 0.5) is 14.5 Å². The van der Waals surface area contributed by atoms with E-state index in [0.29, 0.717) is 5.92 Å². The maximum Gasteiger partial charge on any atom is 0.238 e. The zero-order chi connectivity index (χ0) is 15.2. The standard InChI is InChI=1S/C15H21F2N3O/c1-18-8-11-3-2-4-20(9-11)10-15(21)19-14-6-12(16)5-13(17)7-14/h5-7,11,18H,2-4,8-10H2,1H3,(H,19,21). The summed E-state index contributed by atoms with van der Waals surface area (Å²) in [5, 5.41) is 5.69. The highest BCUT2D eigenvalue weighted by atomic mass is 19.1. The van der Waals surface area contributed by atoms with Crippen molar-refractivity contribution in [1.29, 1.82) is 0 Å². The second-order valence-corrected chi connectivity index (χ2v) is 5.51. The van der Waals surface area contributed by atoms with Crippen LogP contribution in [0.1, 0.15) is 12.8 Å². The largest absolute Gasteiger partial charge is 0.325 e. The Labute approximate surface area is 123 Å². The van der Waals surface area contributed by atoms with Crippen LogP contribution in [0.5, 0.6) is 0 Å². The topological polar surface area (TPSA) is 44.4 Å². The first-order valence-corrected chi connectivity index (χ1v) is 7.19. The van der Waals surface area contributed by atoms with E-state index < -0.39 is 11.6 Å². The summed E-state index contributed by atoms with van der Waals surface area (Å²) in [6.45, 7) is 2.93. The number of likely N-dealkylation sites (tertiary alicyclic amines) is 1. The SMILES string of the molecule is CNCC1CCCN(CC(=O)Nc2cc(F)cc(F)c2)C1. The van der Waals surface area contributed by atoms with Crippen molar-refractivity contribution >= 4 is 11.6 Å². The maximum absolute atomic E-state index is 13.1. The van der Waals surface area contributed by atoms with E-state index in [9.17, 15) is 13.6 Å². The molecular weight excluding hydrogens is 276 g/mol. The first kappa shape index (κ1) is 15.9. The van der Waals surface area contributed by atoms with Gasteiger partial charge in [0.15, 0.2) is 0 Å². The minimum Gasteiger partial charge on any atom is -0.325 e. The summed E-state index contributed by atoms with van der Waals surface area (Å²) in [5.41, 5.74) is 0.154. The van der Waals surface area contributed by atoms with Crippen LogP contribution >= 0.6 is 0 Å². The smallest absolute Gasteiger partial charge is 0.238 e. The number of carbonyl (C=O) groups is 1. The van der Waals surface area contributed by atoms with Crippen molar-refractivity contribution in [2.75, 3.05) is 38.5 Å². The van der Waals surface area contributed by atoms with Gasteiger partial charge in [-0.3, -0.25) is 9.69 Å². The number of amides is 1. The van der Waals surface area contributed by atoms with Crippen LogP contribution < -0.4 is 10.6 Å². The van der Waals surface area contributed by atoms with Crippen molar-refractivity contribution in [3.8, 4) is 0 Å². The van der Waals surface area contributed by atoms with Crippen LogP contribution in [0.25, 0.3) is 0 Å². The third-order valence-corrected chi connectivity index (χ3v) is 3.61. The monoisotopic (exact) mass is 297 g/mol. The van der Waals surface area contributed by atoms with Crippen LogP contribution in [0.3, 0.4) is 0 Å². The van der Waals surface area contributed by atoms with Gasteiger partial charge in [0.25, 0.3) is 0 Å². The van der Waals surface area contributed by atoms with Gasteiger partial charge in [-0.2, -0.15) is 0 Å². The van der Waals surface area contributed by atoms with E-state index in [4.69, 9.17) is 0 Å². The van der Waals surface area contributed by atoms with Crippen LogP contribution in [-0.4, -0.2) is 44.0 Å². The summed E-state index contributed by atoms with van der Waals surface area (Å²) in [5.74, 6) is -1.09. The van der Waals surface area contributed by atoms with E-state index in [0.717, 1.165) is 50.7 Å². The van der Waals surface area contributed by atoms with Gasteiger partial charge in [-0.25, -0.2) is 8.78 Å². The molecule has 0 aliphatic carbocycles. The Morgan fingerprint density at radius 1 is 1.33 bits per heavy atom. The minimum atomic E-state index is -0.697. The summed E-state index contributed by atoms with van der Waals surface area (Å²) >= 11 is 0. The van der Waals surface area contributed by atoms with E-state index >= 15 is 0 Å². The molecule has 6 heteroatoms. The number of hydrogen-bond donors (Lipinski definition) is 2. The predicted octanol–water partition coefficient (Wildman–Crippen LogP) is 1.83. The summed E-state index contributed by atoms with van der Waals surface area (Å²) in [6.07, 6.45) is 2.22. The molecule has 0 spiro atoms. The molecule has 116 valence electrons. The van der Waals surface area contributed by atoms with Gasteiger partial charge in [-0.05, 0) is 51.0 Å². The third kappa shape index (κ3) is 5.06. The number of piperidine rings is 1. The Morgan fingerprint density at radius 2 is 2.05 bits per heavy atom. The molecule has 0 saturated carbocycles. The van der Waals surface area contributed by atoms with Gasteiger partial charge >= 0.3 is 0 Å². The van der Waals surface area contributed by atoms with Crippen LogP contribution in [0.15, 0.2) is 18.2 Å². The third-order valence-electron chi connectivity index (χ3n) is 3.61. The van der Waals surface area contributed by atoms with Crippen molar-refractivity contribution in [2.45, 2.75) is 12.8 Å². The van der Waals surface area contributed by atoms with Gasteiger partial charge in [0, 0.05) is 18.3 Å². The van der Waals surface area contributed by atoms with Gasteiger partial charge in [0.05, 0.1) is 6.54 Å². The molecule has 1 fully saturated rings. The fraction of sp³-hybridized carbons (Fsp3) is 0.533. The van der Waals surface area contributed by atoms with Gasteiger partial charge in [-0.1, -0.05) is 0 Å². The van der Waals surface area contributed by atoms with E-state index in [1.807, 2.05) is 7.05 Å². The Morgan fingerprint density at radius 3 is 2.71 bits per heavy atom. The summed E-state index contributed by atoms with van der Waals surface area (Å²) in [7, 11) is 1.92. The average Bonchev–Trinajstić information content (AvgIpc) is 2.37. The fourth-order valence-electron chi connectivity index (χ4n) is 2.78. The molecule has 1 aliphatic rings. The second-order valence-electron chi connectivity index (χ2n) is 5.51. The molecule has 0 aromatic heterocycles. The van der Waals surface area contributed by atoms with Crippen LogP contribution in [0.2, 0.25) is 0 Å². The van der Waals surface area contributed by atoms with Crippen molar-refractivity contribution in [1.82, 2.24) is 10.2 Å². The first-order chi connectivity index (χ1) is 10.1. The van der Waals surface area contributed by atoms with Crippen molar-refractivity contribution in [2.24, 2.45) is 5.92 Å². The number of rotatable bonds is 5. The molecule has 2 rings (SSSR count). The molecule has 1 amide bonds. The lowest BCUT2D eigenvalue weighted by molar-refractivity contribution is -0.117. The Balaban J connectivity index is 1.86. The van der Waals surface area contributed by atoms with Gasteiger partial charge in [0.2, 0.25) is 5.91 Å². The van der Waals surface area contributed by atoms with Crippen molar-refractivity contribution in [3.05, 3.63) is 29.8 Å². The number of halogens is 2. The zero-order valence-electron chi connectivity index (χ0n) is 12.2. The number of nitrogens with one attached hydrogen (secondary N) is 2. The lowest BCUT2D eigenvalue weighted by atomic mass is 9.98. The molecule has 1 heterocycles. The highest BCUT2D eigenvalue weighted by molar-refractivity contribution is 5.92. The minimum absolute atomic E-state index is 0.154. The van der Waals surface area contributed by atoms with E-state index in [2.05, 4.69) is 15.5 Å². The molecule has 1 atom stereocenters. The van der Waals surface area contributed by atoms with Crippen LogP contribution in [0, 0.1) is 17.6 Å². The van der Waals surface area contributed by atoms with E-state index in [1.54, 1.807) is 0 Å². The average molecular weight is 297 g/mol. The quantitative estimate of drug-likeness (QED) is 0.871. The lowest BCUT2D eigenvalue weighted by Crippen LogP contribution is -2.42. The van der Waals surface area contributed by atoms with E-state index in [-0.39, 0.29) is 18.1 Å². The number of anilines is 1. The molecule has 1 aliphatic heterocycles. The normalized spacial score (nSPS) is 19.5. The Kier molecular flexibility index (Phi) is 5.64. The van der Waals surface area contributed by atoms with Gasteiger partial charge < -0.3 is 10.6 Å². The number of hydrogen-bond acceptors (Lipinski definition) is 3. The maximum atomic E-state index is 13.1. The van der Waals surface area contributed by atoms with Gasteiger partial charge in [-0.15, -0.1) is 0 Å². The molecule has 1 saturated heterocycles. The molecular formula is C15H21F2N3O. The molecule has 0 bridgehead atoms. The predicted molar refractivity (Wildman–Crippen MR) is 78.1 cm³/mol. The number of carbonyl (C=O) groups excluding carboxylic acids is 1. The zero-order valence-corrected chi connectivity index (χ0v) is 12.2. The molecule has 21 heavy (non-hydrogen) atoms. The molecule has 1 aromatic carbocycles. The van der Waals surface area contributed by atoms with Crippen molar-refractivity contribution < 1.29 is 13.6 Å². The van der Waals surface area contributed by atoms with Crippen LogP contribution in [-0.2, 0) is 4.79 Å². The Hall–Kier alpha value is -1.53. The van der Waals surface area contributed by atoms with E-state index in [1.165, 1.54) is 0 Å². The lowest BCUT2D eigenvalue weighted by Gasteiger charge is -2.32. The fourth-order valence-corrected chi connectivity index (χ4v) is 2.78. The summed E-state index contributed by atoms with van der Waals surface area (Å²) < 4.78 is 26.1.